The predicted octanol–water partition coefficient (Wildman–Crippen LogP) is -0.0275. The lowest BCUT2D eigenvalue weighted by atomic mass is 10.2. The fraction of sp³-hybridized carbons (Fsp3) is 0.778. The highest BCUT2D eigenvalue weighted by atomic mass is 16.6. The molecular weight excluding hydrogens is 186 g/mol. The highest BCUT2D eigenvalue weighted by molar-refractivity contribution is 5.86. The molecule has 0 saturated carbocycles. The van der Waals surface area contributed by atoms with E-state index in [-0.39, 0.29) is 6.42 Å². The summed E-state index contributed by atoms with van der Waals surface area (Å²) in [5.41, 5.74) is 5.06. The van der Waals surface area contributed by atoms with Gasteiger partial charge in [-0.3, -0.25) is 9.59 Å². The zero-order valence-electron chi connectivity index (χ0n) is 8.19. The SMILES string of the molecule is CCCCO[C@H]1CC(=O)O[C@H]1C(N)=O. The summed E-state index contributed by atoms with van der Waals surface area (Å²) in [4.78, 5) is 21.7. The first-order valence-corrected chi connectivity index (χ1v) is 4.75. The average Bonchev–Trinajstić information content (AvgIpc) is 2.47. The number of carbonyl (C=O) groups is 2. The van der Waals surface area contributed by atoms with Crippen molar-refractivity contribution in [2.45, 2.75) is 38.4 Å². The van der Waals surface area contributed by atoms with Gasteiger partial charge in [-0.2, -0.15) is 0 Å². The molecule has 1 aliphatic heterocycles. The average molecular weight is 201 g/mol. The summed E-state index contributed by atoms with van der Waals surface area (Å²) in [6.45, 7) is 2.56. The second kappa shape index (κ2) is 4.95. The highest BCUT2D eigenvalue weighted by Crippen LogP contribution is 2.18. The van der Waals surface area contributed by atoms with Gasteiger partial charge in [-0.15, -0.1) is 0 Å². The number of hydrogen-bond acceptors (Lipinski definition) is 4. The summed E-state index contributed by atoms with van der Waals surface area (Å²) in [6.07, 6.45) is 0.627. The first-order valence-electron chi connectivity index (χ1n) is 4.75. The van der Waals surface area contributed by atoms with Crippen molar-refractivity contribution in [3.8, 4) is 0 Å². The predicted molar refractivity (Wildman–Crippen MR) is 48.3 cm³/mol. The third-order valence-corrected chi connectivity index (χ3v) is 2.07. The van der Waals surface area contributed by atoms with Gasteiger partial charge in [0.2, 0.25) is 6.10 Å². The largest absolute Gasteiger partial charge is 0.449 e. The molecule has 0 aromatic heterocycles. The van der Waals surface area contributed by atoms with Gasteiger partial charge in [-0.05, 0) is 6.42 Å². The minimum atomic E-state index is -0.903. The van der Waals surface area contributed by atoms with Crippen LogP contribution in [0.15, 0.2) is 0 Å². The third-order valence-electron chi connectivity index (χ3n) is 2.07. The molecule has 0 aliphatic carbocycles. The van der Waals surface area contributed by atoms with Crippen molar-refractivity contribution in [1.82, 2.24) is 0 Å². The molecule has 2 atom stereocenters. The van der Waals surface area contributed by atoms with E-state index in [9.17, 15) is 9.59 Å². The molecule has 1 aliphatic rings. The van der Waals surface area contributed by atoms with Crippen LogP contribution in [0.25, 0.3) is 0 Å². The Morgan fingerprint density at radius 3 is 3.00 bits per heavy atom. The topological polar surface area (TPSA) is 78.6 Å². The number of carbonyl (C=O) groups excluding carboxylic acids is 2. The number of hydrogen-bond donors (Lipinski definition) is 1. The molecule has 1 rings (SSSR count). The Morgan fingerprint density at radius 2 is 2.43 bits per heavy atom. The van der Waals surface area contributed by atoms with Gasteiger partial charge < -0.3 is 15.2 Å². The normalized spacial score (nSPS) is 26.2. The summed E-state index contributed by atoms with van der Waals surface area (Å²) >= 11 is 0. The fourth-order valence-electron chi connectivity index (χ4n) is 1.30. The molecule has 0 unspecified atom stereocenters. The first kappa shape index (κ1) is 11.0. The van der Waals surface area contributed by atoms with Crippen molar-refractivity contribution >= 4 is 11.9 Å². The number of amides is 1. The molecule has 1 amide bonds. The monoisotopic (exact) mass is 201 g/mol. The van der Waals surface area contributed by atoms with E-state index in [2.05, 4.69) is 0 Å². The molecule has 0 aromatic carbocycles. The minimum absolute atomic E-state index is 0.122. The van der Waals surface area contributed by atoms with E-state index < -0.39 is 24.1 Å². The Kier molecular flexibility index (Phi) is 3.88. The number of rotatable bonds is 5. The van der Waals surface area contributed by atoms with E-state index in [1.807, 2.05) is 6.92 Å². The maximum atomic E-state index is 10.9. The molecule has 1 fully saturated rings. The van der Waals surface area contributed by atoms with E-state index in [0.717, 1.165) is 12.8 Å². The molecule has 1 heterocycles. The van der Waals surface area contributed by atoms with E-state index >= 15 is 0 Å². The zero-order valence-corrected chi connectivity index (χ0v) is 8.19. The second-order valence-corrected chi connectivity index (χ2v) is 3.28. The van der Waals surface area contributed by atoms with Crippen LogP contribution in [0.3, 0.4) is 0 Å². The number of ether oxygens (including phenoxy) is 2. The summed E-state index contributed by atoms with van der Waals surface area (Å²) in [6, 6.07) is 0. The maximum absolute atomic E-state index is 10.9. The van der Waals surface area contributed by atoms with Crippen molar-refractivity contribution in [2.75, 3.05) is 6.61 Å². The Balaban J connectivity index is 2.41. The van der Waals surface area contributed by atoms with Crippen LogP contribution < -0.4 is 5.73 Å². The van der Waals surface area contributed by atoms with Crippen LogP contribution in [0.2, 0.25) is 0 Å². The van der Waals surface area contributed by atoms with Crippen molar-refractivity contribution in [3.63, 3.8) is 0 Å². The molecule has 5 heteroatoms. The Hall–Kier alpha value is -1.10. The molecule has 80 valence electrons. The summed E-state index contributed by atoms with van der Waals surface area (Å²) < 4.78 is 10.1. The van der Waals surface area contributed by atoms with E-state index in [0.29, 0.717) is 6.61 Å². The minimum Gasteiger partial charge on any atom is -0.449 e. The quantitative estimate of drug-likeness (QED) is 0.500. The second-order valence-electron chi connectivity index (χ2n) is 3.28. The van der Waals surface area contributed by atoms with E-state index in [1.165, 1.54) is 0 Å². The summed E-state index contributed by atoms with van der Waals surface area (Å²) in [5, 5.41) is 0. The first-order chi connectivity index (χ1) is 6.65. The van der Waals surface area contributed by atoms with Gasteiger partial charge in [0.15, 0.2) is 0 Å². The van der Waals surface area contributed by atoms with Crippen LogP contribution >= 0.6 is 0 Å². The highest BCUT2D eigenvalue weighted by Gasteiger charge is 2.39. The van der Waals surface area contributed by atoms with E-state index in [4.69, 9.17) is 15.2 Å². The molecule has 2 N–H and O–H groups in total. The molecule has 1 saturated heterocycles. The van der Waals surface area contributed by atoms with E-state index in [1.54, 1.807) is 0 Å². The zero-order chi connectivity index (χ0) is 10.6. The molecule has 0 spiro atoms. The van der Waals surface area contributed by atoms with Gasteiger partial charge >= 0.3 is 5.97 Å². The molecule has 5 nitrogen and oxygen atoms in total. The van der Waals surface area contributed by atoms with Crippen molar-refractivity contribution in [3.05, 3.63) is 0 Å². The van der Waals surface area contributed by atoms with Gasteiger partial charge in [0, 0.05) is 6.61 Å². The van der Waals surface area contributed by atoms with Gasteiger partial charge in [-0.25, -0.2) is 0 Å². The Bertz CT molecular complexity index is 229. The van der Waals surface area contributed by atoms with Gasteiger partial charge in [0.25, 0.3) is 5.91 Å². The molecular formula is C9H15NO4. The summed E-state index contributed by atoms with van der Waals surface area (Å²) in [7, 11) is 0. The third kappa shape index (κ3) is 2.70. The van der Waals surface area contributed by atoms with Crippen molar-refractivity contribution in [1.29, 1.82) is 0 Å². The lowest BCUT2D eigenvalue weighted by Crippen LogP contribution is -2.37. The lowest BCUT2D eigenvalue weighted by molar-refractivity contribution is -0.148. The Labute approximate surface area is 82.5 Å². The van der Waals surface area contributed by atoms with Gasteiger partial charge in [0.05, 0.1) is 6.42 Å². The number of cyclic esters (lactones) is 1. The van der Waals surface area contributed by atoms with Crippen LogP contribution in [0, 0.1) is 0 Å². The van der Waals surface area contributed by atoms with Gasteiger partial charge in [-0.1, -0.05) is 13.3 Å². The van der Waals surface area contributed by atoms with Crippen LogP contribution in [0.4, 0.5) is 0 Å². The number of esters is 1. The Morgan fingerprint density at radius 1 is 1.71 bits per heavy atom. The van der Waals surface area contributed by atoms with Crippen molar-refractivity contribution < 1.29 is 19.1 Å². The van der Waals surface area contributed by atoms with Crippen LogP contribution in [0.5, 0.6) is 0 Å². The van der Waals surface area contributed by atoms with Crippen LogP contribution in [-0.4, -0.2) is 30.7 Å². The smallest absolute Gasteiger partial charge is 0.309 e. The van der Waals surface area contributed by atoms with Gasteiger partial charge in [0.1, 0.15) is 6.10 Å². The lowest BCUT2D eigenvalue weighted by Gasteiger charge is -2.14. The molecule has 0 bridgehead atoms. The number of nitrogens with two attached hydrogens (primary N) is 1. The van der Waals surface area contributed by atoms with Crippen LogP contribution in [0.1, 0.15) is 26.2 Å². The summed E-state index contributed by atoms with van der Waals surface area (Å²) in [5.74, 6) is -1.06. The maximum Gasteiger partial charge on any atom is 0.309 e. The molecule has 14 heavy (non-hydrogen) atoms. The molecule has 0 aromatic rings. The standard InChI is InChI=1S/C9H15NO4/c1-2-3-4-13-6-5-7(11)14-8(6)9(10)12/h6,8H,2-5H2,1H3,(H2,10,12)/t6-,8+/m0/s1. The molecule has 0 radical (unpaired) electrons. The van der Waals surface area contributed by atoms with Crippen molar-refractivity contribution in [2.24, 2.45) is 5.73 Å². The van der Waals surface area contributed by atoms with Crippen LogP contribution in [-0.2, 0) is 19.1 Å². The number of primary amides is 1. The fourth-order valence-corrected chi connectivity index (χ4v) is 1.30. The number of unbranched alkanes of at least 4 members (excludes halogenated alkanes) is 1.